The minimum Gasteiger partial charge on any atom is -0.497 e. The van der Waals surface area contributed by atoms with Gasteiger partial charge in [-0.15, -0.1) is 0 Å². The number of imide groups is 1. The van der Waals surface area contributed by atoms with Crippen LogP contribution in [0.4, 0.5) is 5.69 Å². The number of amides is 2. The second-order valence-electron chi connectivity index (χ2n) is 7.95. The normalized spacial score (nSPS) is 24.6. The first-order valence-electron chi connectivity index (χ1n) is 10.6. The maximum Gasteiger partial charge on any atom is 0.292 e. The number of hydrogen-bond acceptors (Lipinski definition) is 3. The minimum atomic E-state index is -0.263. The molecule has 0 aromatic heterocycles. The molecule has 2 heterocycles. The third-order valence-corrected chi connectivity index (χ3v) is 6.09. The van der Waals surface area contributed by atoms with Gasteiger partial charge in [0.05, 0.1) is 25.8 Å². The number of hydrogen-bond donors (Lipinski definition) is 2. The van der Waals surface area contributed by atoms with Crippen LogP contribution in [0.5, 0.6) is 5.75 Å². The number of carbonyl (C=O) groups is 2. The van der Waals surface area contributed by atoms with Gasteiger partial charge in [0.2, 0.25) is 5.91 Å². The van der Waals surface area contributed by atoms with Gasteiger partial charge in [0.25, 0.3) is 5.91 Å². The molecular formula is C24H29N3O3+2. The highest BCUT2D eigenvalue weighted by molar-refractivity contribution is 6.21. The lowest BCUT2D eigenvalue weighted by Crippen LogP contribution is -3.30. The van der Waals surface area contributed by atoms with Crippen LogP contribution in [0.2, 0.25) is 0 Å². The van der Waals surface area contributed by atoms with Crippen LogP contribution in [-0.4, -0.2) is 57.7 Å². The van der Waals surface area contributed by atoms with Gasteiger partial charge in [0.1, 0.15) is 31.9 Å². The Labute approximate surface area is 177 Å². The van der Waals surface area contributed by atoms with Gasteiger partial charge in [-0.25, -0.2) is 4.90 Å². The van der Waals surface area contributed by atoms with Gasteiger partial charge in [0.15, 0.2) is 6.04 Å². The van der Waals surface area contributed by atoms with Crippen molar-refractivity contribution in [3.05, 3.63) is 66.2 Å². The second kappa shape index (κ2) is 9.24. The van der Waals surface area contributed by atoms with Crippen LogP contribution in [0.15, 0.2) is 60.7 Å². The molecule has 6 heteroatoms. The Bertz CT molecular complexity index is 903. The Morgan fingerprint density at radius 3 is 2.37 bits per heavy atom. The van der Waals surface area contributed by atoms with Crippen LogP contribution >= 0.6 is 0 Å². The molecule has 0 spiro atoms. The number of rotatable bonds is 6. The van der Waals surface area contributed by atoms with Crippen molar-refractivity contribution >= 4 is 23.6 Å². The fourth-order valence-corrected chi connectivity index (χ4v) is 4.36. The Morgan fingerprint density at radius 1 is 1.00 bits per heavy atom. The number of piperazine rings is 1. The smallest absolute Gasteiger partial charge is 0.292 e. The maximum atomic E-state index is 13.0. The third kappa shape index (κ3) is 4.45. The molecule has 2 aliphatic rings. The van der Waals surface area contributed by atoms with E-state index in [1.165, 1.54) is 20.3 Å². The van der Waals surface area contributed by atoms with Crippen molar-refractivity contribution in [1.82, 2.24) is 0 Å². The molecule has 30 heavy (non-hydrogen) atoms. The monoisotopic (exact) mass is 407 g/mol. The lowest BCUT2D eigenvalue weighted by Gasteiger charge is -2.31. The fourth-order valence-electron chi connectivity index (χ4n) is 4.36. The lowest BCUT2D eigenvalue weighted by molar-refractivity contribution is -1.02. The van der Waals surface area contributed by atoms with Gasteiger partial charge in [-0.3, -0.25) is 9.59 Å². The molecule has 2 saturated heterocycles. The van der Waals surface area contributed by atoms with E-state index in [2.05, 4.69) is 24.3 Å². The summed E-state index contributed by atoms with van der Waals surface area (Å²) in [7, 11) is 1.60. The standard InChI is InChI=1S/C24H27N3O3/c1-30-21-11-9-20(10-12-21)27-23(28)18-22(24(27)29)26-16-14-25(15-17-26)13-5-8-19-6-3-2-4-7-19/h2-12,22H,13-18H2,1H3/p+2/b8-5-/t22-/m1/s1. The Hall–Kier alpha value is -2.96. The van der Waals surface area contributed by atoms with E-state index in [4.69, 9.17) is 4.74 Å². The fraction of sp³-hybridized carbons (Fsp3) is 0.333. The average Bonchev–Trinajstić information content (AvgIpc) is 3.09. The average molecular weight is 408 g/mol. The number of nitrogens with one attached hydrogen (secondary N) is 2. The first kappa shape index (κ1) is 20.3. The molecule has 0 radical (unpaired) electrons. The molecule has 4 rings (SSSR count). The van der Waals surface area contributed by atoms with E-state index in [1.54, 1.807) is 31.4 Å². The van der Waals surface area contributed by atoms with Crippen molar-refractivity contribution in [3.63, 3.8) is 0 Å². The lowest BCUT2D eigenvalue weighted by atomic mass is 10.1. The number of carbonyl (C=O) groups excluding carboxylic acids is 2. The predicted octanol–water partition coefficient (Wildman–Crippen LogP) is -0.176. The zero-order valence-electron chi connectivity index (χ0n) is 17.3. The maximum absolute atomic E-state index is 13.0. The van der Waals surface area contributed by atoms with E-state index < -0.39 is 0 Å². The summed E-state index contributed by atoms with van der Waals surface area (Å²) in [6, 6.07) is 17.2. The highest BCUT2D eigenvalue weighted by Crippen LogP contribution is 2.24. The molecule has 1 atom stereocenters. The van der Waals surface area contributed by atoms with Crippen molar-refractivity contribution in [1.29, 1.82) is 0 Å². The van der Waals surface area contributed by atoms with E-state index in [9.17, 15) is 9.59 Å². The molecule has 0 aliphatic carbocycles. The van der Waals surface area contributed by atoms with Crippen molar-refractivity contribution in [2.24, 2.45) is 0 Å². The number of anilines is 1. The summed E-state index contributed by atoms with van der Waals surface area (Å²) in [5, 5.41) is 0. The van der Waals surface area contributed by atoms with Crippen molar-refractivity contribution < 1.29 is 24.1 Å². The summed E-state index contributed by atoms with van der Waals surface area (Å²) in [4.78, 5) is 29.7. The van der Waals surface area contributed by atoms with Crippen LogP contribution in [0.25, 0.3) is 6.08 Å². The Kier molecular flexibility index (Phi) is 6.26. The Morgan fingerprint density at radius 2 is 1.70 bits per heavy atom. The summed E-state index contributed by atoms with van der Waals surface area (Å²) < 4.78 is 5.17. The largest absolute Gasteiger partial charge is 0.497 e. The van der Waals surface area contributed by atoms with E-state index in [0.717, 1.165) is 32.7 Å². The van der Waals surface area contributed by atoms with Gasteiger partial charge < -0.3 is 14.5 Å². The molecule has 0 saturated carbocycles. The van der Waals surface area contributed by atoms with Gasteiger partial charge in [-0.2, -0.15) is 0 Å². The molecule has 2 aliphatic heterocycles. The molecule has 0 unspecified atom stereocenters. The Balaban J connectivity index is 1.31. The topological polar surface area (TPSA) is 55.5 Å². The first-order valence-corrected chi connectivity index (χ1v) is 10.6. The second-order valence-corrected chi connectivity index (χ2v) is 7.95. The van der Waals surface area contributed by atoms with E-state index in [0.29, 0.717) is 17.9 Å². The summed E-state index contributed by atoms with van der Waals surface area (Å²) >= 11 is 0. The van der Waals surface area contributed by atoms with E-state index in [1.807, 2.05) is 18.2 Å². The van der Waals surface area contributed by atoms with Gasteiger partial charge in [-0.05, 0) is 35.9 Å². The highest BCUT2D eigenvalue weighted by atomic mass is 16.5. The van der Waals surface area contributed by atoms with Crippen LogP contribution in [0.1, 0.15) is 12.0 Å². The minimum absolute atomic E-state index is 0.0763. The van der Waals surface area contributed by atoms with E-state index in [-0.39, 0.29) is 17.9 Å². The highest BCUT2D eigenvalue weighted by Gasteiger charge is 2.46. The summed E-state index contributed by atoms with van der Waals surface area (Å²) in [6.45, 7) is 4.82. The number of methoxy groups -OCH3 is 1. The van der Waals surface area contributed by atoms with Crippen LogP contribution in [0.3, 0.4) is 0 Å². The molecule has 2 aromatic rings. The van der Waals surface area contributed by atoms with Gasteiger partial charge in [-0.1, -0.05) is 36.4 Å². The first-order chi connectivity index (χ1) is 14.7. The quantitative estimate of drug-likeness (QED) is 0.654. The van der Waals surface area contributed by atoms with Crippen LogP contribution in [-0.2, 0) is 9.59 Å². The molecule has 2 N–H and O–H groups in total. The van der Waals surface area contributed by atoms with Gasteiger partial charge >= 0.3 is 0 Å². The number of benzene rings is 2. The third-order valence-electron chi connectivity index (χ3n) is 6.09. The molecule has 2 aromatic carbocycles. The number of quaternary nitrogens is 2. The molecule has 6 nitrogen and oxygen atoms in total. The number of ether oxygens (including phenoxy) is 1. The SMILES string of the molecule is COc1ccc(N2C(=O)C[C@@H]([NH+]3CC[NH+](C/C=C\c4ccccc4)CC3)C2=O)cc1. The van der Waals surface area contributed by atoms with Crippen molar-refractivity contribution in [2.75, 3.05) is 44.7 Å². The molecular weight excluding hydrogens is 378 g/mol. The molecule has 2 amide bonds. The molecule has 156 valence electrons. The van der Waals surface area contributed by atoms with E-state index >= 15 is 0 Å². The predicted molar refractivity (Wildman–Crippen MR) is 116 cm³/mol. The molecule has 2 fully saturated rings. The summed E-state index contributed by atoms with van der Waals surface area (Å²) in [6.07, 6.45) is 4.69. The number of nitrogens with zero attached hydrogens (tertiary/aromatic N) is 1. The van der Waals surface area contributed by atoms with Crippen molar-refractivity contribution in [2.45, 2.75) is 12.5 Å². The van der Waals surface area contributed by atoms with Gasteiger partial charge in [0, 0.05) is 0 Å². The summed E-state index contributed by atoms with van der Waals surface area (Å²) in [5.41, 5.74) is 1.85. The van der Waals surface area contributed by atoms with Crippen LogP contribution in [0, 0.1) is 0 Å². The zero-order chi connectivity index (χ0) is 20.9. The summed E-state index contributed by atoms with van der Waals surface area (Å²) in [5.74, 6) is 0.524. The van der Waals surface area contributed by atoms with Crippen LogP contribution < -0.4 is 19.4 Å². The van der Waals surface area contributed by atoms with Crippen molar-refractivity contribution in [3.8, 4) is 5.75 Å². The zero-order valence-corrected chi connectivity index (χ0v) is 17.3. The molecule has 0 bridgehead atoms.